The second-order valence-corrected chi connectivity index (χ2v) is 6.50. The monoisotopic (exact) mass is 367 g/mol. The van der Waals surface area contributed by atoms with Crippen LogP contribution < -0.4 is 19.7 Å². The number of rotatable bonds is 4. The van der Waals surface area contributed by atoms with E-state index in [-0.39, 0.29) is 12.7 Å². The molecule has 0 aliphatic carbocycles. The van der Waals surface area contributed by atoms with Crippen LogP contribution in [0.5, 0.6) is 11.5 Å². The molecular weight excluding hydrogens is 346 g/mol. The molecule has 2 aromatic rings. The molecule has 0 bridgehead atoms. The summed E-state index contributed by atoms with van der Waals surface area (Å²) < 4.78 is 10.6. The fourth-order valence-electron chi connectivity index (χ4n) is 2.93. The maximum Gasteiger partial charge on any atom is 0.248 e. The van der Waals surface area contributed by atoms with Gasteiger partial charge >= 0.3 is 0 Å². The number of hydrogen-bond donors (Lipinski definition) is 1. The summed E-state index contributed by atoms with van der Waals surface area (Å²) in [4.78, 5) is 25.3. The fourth-order valence-corrected chi connectivity index (χ4v) is 2.93. The summed E-state index contributed by atoms with van der Waals surface area (Å²) >= 11 is 0. The number of nitrogens with zero attached hydrogens (tertiary/aromatic N) is 4. The molecule has 0 saturated carbocycles. The number of likely N-dealkylation sites (N-methyl/N-ethyl adjacent to an activating group) is 1. The molecule has 1 amide bonds. The molecule has 27 heavy (non-hydrogen) atoms. The van der Waals surface area contributed by atoms with Crippen molar-refractivity contribution >= 4 is 23.6 Å². The van der Waals surface area contributed by atoms with Crippen molar-refractivity contribution in [3.8, 4) is 11.5 Å². The Morgan fingerprint density at radius 2 is 1.85 bits per heavy atom. The number of ether oxygens (including phenoxy) is 2. The minimum Gasteiger partial charge on any atom is -0.454 e. The van der Waals surface area contributed by atoms with Crippen molar-refractivity contribution in [1.29, 1.82) is 0 Å². The van der Waals surface area contributed by atoms with Crippen molar-refractivity contribution < 1.29 is 14.3 Å². The largest absolute Gasteiger partial charge is 0.454 e. The van der Waals surface area contributed by atoms with Gasteiger partial charge < -0.3 is 24.6 Å². The quantitative estimate of drug-likeness (QED) is 0.823. The number of piperazine rings is 1. The van der Waals surface area contributed by atoms with Crippen molar-refractivity contribution in [1.82, 2.24) is 14.9 Å². The van der Waals surface area contributed by atoms with Gasteiger partial charge in [-0.15, -0.1) is 0 Å². The van der Waals surface area contributed by atoms with Crippen LogP contribution in [0, 0.1) is 0 Å². The van der Waals surface area contributed by atoms with Gasteiger partial charge in [0, 0.05) is 32.3 Å². The molecule has 0 radical (unpaired) electrons. The van der Waals surface area contributed by atoms with Crippen LogP contribution in [-0.2, 0) is 4.79 Å². The minimum absolute atomic E-state index is 0.229. The Balaban J connectivity index is 1.34. The average molecular weight is 367 g/mol. The van der Waals surface area contributed by atoms with E-state index in [1.165, 1.54) is 6.08 Å². The predicted molar refractivity (Wildman–Crippen MR) is 102 cm³/mol. The van der Waals surface area contributed by atoms with E-state index in [0.717, 1.165) is 31.7 Å². The average Bonchev–Trinajstić information content (AvgIpc) is 3.15. The molecule has 140 valence electrons. The van der Waals surface area contributed by atoms with Crippen molar-refractivity contribution in [2.24, 2.45) is 0 Å². The van der Waals surface area contributed by atoms with Crippen LogP contribution >= 0.6 is 0 Å². The van der Waals surface area contributed by atoms with E-state index in [9.17, 15) is 4.79 Å². The second kappa shape index (κ2) is 7.63. The van der Waals surface area contributed by atoms with Crippen LogP contribution in [0.25, 0.3) is 6.08 Å². The predicted octanol–water partition coefficient (Wildman–Crippen LogP) is 1.61. The standard InChI is InChI=1S/C19H21N5O3/c1-23-6-8-24(9-7-23)19-20-11-15(12-21-19)22-18(25)5-3-14-2-4-16-17(10-14)27-13-26-16/h2-5,10-12H,6-9,13H2,1H3,(H,22,25)/b5-3+. The third kappa shape index (κ3) is 4.17. The maximum absolute atomic E-state index is 12.1. The Morgan fingerprint density at radius 1 is 1.11 bits per heavy atom. The van der Waals surface area contributed by atoms with Gasteiger partial charge in [-0.3, -0.25) is 4.79 Å². The first-order valence-electron chi connectivity index (χ1n) is 8.82. The molecule has 1 N–H and O–H groups in total. The van der Waals surface area contributed by atoms with Gasteiger partial charge in [-0.2, -0.15) is 0 Å². The molecule has 2 aliphatic rings. The Hall–Kier alpha value is -3.13. The molecule has 1 saturated heterocycles. The number of benzene rings is 1. The summed E-state index contributed by atoms with van der Waals surface area (Å²) in [5, 5.41) is 2.77. The lowest BCUT2D eigenvalue weighted by molar-refractivity contribution is -0.111. The highest BCUT2D eigenvalue weighted by atomic mass is 16.7. The Bertz CT molecular complexity index is 845. The van der Waals surface area contributed by atoms with Gasteiger partial charge in [0.1, 0.15) is 0 Å². The second-order valence-electron chi connectivity index (χ2n) is 6.50. The molecule has 8 nitrogen and oxygen atoms in total. The van der Waals surface area contributed by atoms with Crippen LogP contribution in [0.4, 0.5) is 11.6 Å². The lowest BCUT2D eigenvalue weighted by Crippen LogP contribution is -2.45. The number of nitrogens with one attached hydrogen (secondary N) is 1. The lowest BCUT2D eigenvalue weighted by Gasteiger charge is -2.32. The molecular formula is C19H21N5O3. The van der Waals surface area contributed by atoms with E-state index in [1.807, 2.05) is 18.2 Å². The van der Waals surface area contributed by atoms with Crippen molar-refractivity contribution in [2.75, 3.05) is 50.2 Å². The topological polar surface area (TPSA) is 79.8 Å². The molecule has 4 rings (SSSR count). The maximum atomic E-state index is 12.1. The molecule has 0 unspecified atom stereocenters. The Labute approximate surface area is 157 Å². The van der Waals surface area contributed by atoms with E-state index in [4.69, 9.17) is 9.47 Å². The third-order valence-electron chi connectivity index (χ3n) is 4.52. The van der Waals surface area contributed by atoms with E-state index in [0.29, 0.717) is 23.1 Å². The molecule has 2 aliphatic heterocycles. The zero-order valence-corrected chi connectivity index (χ0v) is 15.1. The van der Waals surface area contributed by atoms with Crippen molar-refractivity contribution in [3.63, 3.8) is 0 Å². The first-order valence-corrected chi connectivity index (χ1v) is 8.82. The highest BCUT2D eigenvalue weighted by Crippen LogP contribution is 2.32. The number of carbonyl (C=O) groups is 1. The summed E-state index contributed by atoms with van der Waals surface area (Å²) in [6.07, 6.45) is 6.45. The summed E-state index contributed by atoms with van der Waals surface area (Å²) in [6.45, 7) is 4.02. The fraction of sp³-hybridized carbons (Fsp3) is 0.316. The summed E-state index contributed by atoms with van der Waals surface area (Å²) in [5.74, 6) is 1.85. The molecule has 8 heteroatoms. The van der Waals surface area contributed by atoms with Crippen molar-refractivity contribution in [2.45, 2.75) is 0 Å². The van der Waals surface area contributed by atoms with Gasteiger partial charge in [-0.1, -0.05) is 6.07 Å². The first-order chi connectivity index (χ1) is 13.2. The van der Waals surface area contributed by atoms with Crippen LogP contribution in [0.1, 0.15) is 5.56 Å². The molecule has 1 aromatic heterocycles. The number of anilines is 2. The number of amides is 1. The minimum atomic E-state index is -0.247. The number of carbonyl (C=O) groups excluding carboxylic acids is 1. The summed E-state index contributed by atoms with van der Waals surface area (Å²) in [6, 6.07) is 5.52. The SMILES string of the molecule is CN1CCN(c2ncc(NC(=O)/C=C/c3ccc4c(c3)OCO4)cn2)CC1. The van der Waals surface area contributed by atoms with Gasteiger partial charge in [0.15, 0.2) is 11.5 Å². The number of hydrogen-bond acceptors (Lipinski definition) is 7. The van der Waals surface area contributed by atoms with Crippen LogP contribution in [0.2, 0.25) is 0 Å². The van der Waals surface area contributed by atoms with Gasteiger partial charge in [0.05, 0.1) is 18.1 Å². The highest BCUT2D eigenvalue weighted by Gasteiger charge is 2.16. The highest BCUT2D eigenvalue weighted by molar-refractivity contribution is 6.01. The molecule has 3 heterocycles. The first kappa shape index (κ1) is 17.3. The van der Waals surface area contributed by atoms with Gasteiger partial charge in [-0.25, -0.2) is 9.97 Å². The van der Waals surface area contributed by atoms with E-state index >= 15 is 0 Å². The molecule has 1 aromatic carbocycles. The van der Waals surface area contributed by atoms with Crippen LogP contribution in [0.15, 0.2) is 36.7 Å². The third-order valence-corrected chi connectivity index (χ3v) is 4.52. The molecule has 1 fully saturated rings. The summed E-state index contributed by atoms with van der Waals surface area (Å²) in [7, 11) is 2.11. The van der Waals surface area contributed by atoms with Gasteiger partial charge in [-0.05, 0) is 30.8 Å². The lowest BCUT2D eigenvalue weighted by atomic mass is 10.2. The zero-order valence-electron chi connectivity index (χ0n) is 15.1. The van der Waals surface area contributed by atoms with Gasteiger partial charge in [0.2, 0.25) is 18.6 Å². The van der Waals surface area contributed by atoms with E-state index in [1.54, 1.807) is 18.5 Å². The van der Waals surface area contributed by atoms with E-state index < -0.39 is 0 Å². The Morgan fingerprint density at radius 3 is 2.63 bits per heavy atom. The van der Waals surface area contributed by atoms with Crippen molar-refractivity contribution in [3.05, 3.63) is 42.2 Å². The molecule has 0 atom stereocenters. The normalized spacial score (nSPS) is 16.7. The smallest absolute Gasteiger partial charge is 0.248 e. The number of aromatic nitrogens is 2. The molecule has 0 spiro atoms. The zero-order chi connectivity index (χ0) is 18.6. The Kier molecular flexibility index (Phi) is 4.88. The number of fused-ring (bicyclic) bond motifs is 1. The van der Waals surface area contributed by atoms with E-state index in [2.05, 4.69) is 32.1 Å². The summed E-state index contributed by atoms with van der Waals surface area (Å²) in [5.41, 5.74) is 1.42. The van der Waals surface area contributed by atoms with Crippen LogP contribution in [0.3, 0.4) is 0 Å². The van der Waals surface area contributed by atoms with Gasteiger partial charge in [0.25, 0.3) is 0 Å². The van der Waals surface area contributed by atoms with Crippen LogP contribution in [-0.4, -0.2) is 60.8 Å².